The highest BCUT2D eigenvalue weighted by atomic mass is 32.1. The molecule has 0 aliphatic carbocycles. The van der Waals surface area contributed by atoms with Crippen molar-refractivity contribution in [1.82, 2.24) is 10.2 Å². The Balaban J connectivity index is 2.14. The number of thiophene rings is 1. The van der Waals surface area contributed by atoms with Gasteiger partial charge >= 0.3 is 0 Å². The van der Waals surface area contributed by atoms with Gasteiger partial charge in [-0.05, 0) is 18.4 Å². The van der Waals surface area contributed by atoms with Gasteiger partial charge in [0.2, 0.25) is 17.7 Å². The molecule has 19 heavy (non-hydrogen) atoms. The number of hydrogen-bond donors (Lipinski definition) is 2. The number of hydrogen-bond acceptors (Lipinski definition) is 5. The Labute approximate surface area is 114 Å². The predicted molar refractivity (Wildman–Crippen MR) is 70.3 cm³/mol. The molecule has 2 heterocycles. The van der Waals surface area contributed by atoms with Crippen LogP contribution < -0.4 is 11.1 Å². The minimum Gasteiger partial charge on any atom is -0.352 e. The summed E-state index contributed by atoms with van der Waals surface area (Å²) in [6.07, 6.45) is 0.111. The maximum Gasteiger partial charge on any atom is 0.246 e. The van der Waals surface area contributed by atoms with Gasteiger partial charge in [-0.25, -0.2) is 0 Å². The third-order valence-electron chi connectivity index (χ3n) is 2.89. The Morgan fingerprint density at radius 1 is 1.63 bits per heavy atom. The van der Waals surface area contributed by atoms with Crippen LogP contribution in [-0.2, 0) is 20.8 Å². The maximum atomic E-state index is 12.2. The average molecular weight is 281 g/mol. The Kier molecular flexibility index (Phi) is 3.96. The summed E-state index contributed by atoms with van der Waals surface area (Å²) in [6.45, 7) is 1.80. The molecule has 2 atom stereocenters. The summed E-state index contributed by atoms with van der Waals surface area (Å²) < 4.78 is 0. The zero-order chi connectivity index (χ0) is 14.0. The highest BCUT2D eigenvalue weighted by molar-refractivity contribution is 7.10. The molecule has 7 heteroatoms. The molecule has 1 aliphatic rings. The van der Waals surface area contributed by atoms with Crippen LogP contribution in [0.4, 0.5) is 0 Å². The van der Waals surface area contributed by atoms with E-state index in [1.54, 1.807) is 0 Å². The molecule has 0 saturated carbocycles. The van der Waals surface area contributed by atoms with Crippen molar-refractivity contribution in [1.29, 1.82) is 0 Å². The van der Waals surface area contributed by atoms with E-state index in [0.717, 1.165) is 9.78 Å². The minimum atomic E-state index is -0.805. The molecule has 6 nitrogen and oxygen atoms in total. The van der Waals surface area contributed by atoms with Crippen LogP contribution >= 0.6 is 11.3 Å². The Hall–Kier alpha value is -1.73. The number of carbonyl (C=O) groups excluding carboxylic acids is 3. The summed E-state index contributed by atoms with van der Waals surface area (Å²) in [4.78, 5) is 37.5. The first-order valence-corrected chi connectivity index (χ1v) is 6.80. The van der Waals surface area contributed by atoms with Gasteiger partial charge in [0.25, 0.3) is 0 Å². The van der Waals surface area contributed by atoms with Crippen molar-refractivity contribution in [3.63, 3.8) is 0 Å². The van der Waals surface area contributed by atoms with Crippen LogP contribution in [-0.4, -0.2) is 41.2 Å². The molecule has 1 aromatic rings. The van der Waals surface area contributed by atoms with Crippen molar-refractivity contribution in [3.8, 4) is 0 Å². The fourth-order valence-electron chi connectivity index (χ4n) is 1.80. The molecule has 1 aliphatic heterocycles. The highest BCUT2D eigenvalue weighted by Crippen LogP contribution is 2.15. The zero-order valence-corrected chi connectivity index (χ0v) is 11.3. The van der Waals surface area contributed by atoms with E-state index < -0.39 is 18.0 Å². The van der Waals surface area contributed by atoms with Gasteiger partial charge < -0.3 is 11.1 Å². The Bertz CT molecular complexity index is 498. The van der Waals surface area contributed by atoms with E-state index >= 15 is 0 Å². The van der Waals surface area contributed by atoms with Gasteiger partial charge in [0.05, 0.1) is 12.5 Å². The van der Waals surface area contributed by atoms with Gasteiger partial charge in [0.15, 0.2) is 0 Å². The van der Waals surface area contributed by atoms with Crippen LogP contribution in [0.5, 0.6) is 0 Å². The van der Waals surface area contributed by atoms with Gasteiger partial charge in [0, 0.05) is 11.4 Å². The van der Waals surface area contributed by atoms with Gasteiger partial charge in [-0.15, -0.1) is 11.3 Å². The molecule has 0 spiro atoms. The van der Waals surface area contributed by atoms with Gasteiger partial charge in [-0.3, -0.25) is 19.3 Å². The molecular formula is C12H15N3O3S. The van der Waals surface area contributed by atoms with E-state index in [0.29, 0.717) is 6.54 Å². The monoisotopic (exact) mass is 281 g/mol. The second-order valence-electron chi connectivity index (χ2n) is 4.41. The normalized spacial score (nSPS) is 19.3. The number of amides is 3. The number of nitrogens with two attached hydrogens (primary N) is 1. The standard InChI is InChI=1S/C12H15N3O3S/c1-7(13)12(18)15(9-6-14-11(9)17)10(16)5-8-3-2-4-19-8/h2-4,7,9H,5-6,13H2,1H3,(H,14,17)/t7-,9?/m0/s1. The Morgan fingerprint density at radius 3 is 2.79 bits per heavy atom. The summed E-state index contributed by atoms with van der Waals surface area (Å²) >= 11 is 1.44. The second-order valence-corrected chi connectivity index (χ2v) is 5.44. The van der Waals surface area contributed by atoms with E-state index in [4.69, 9.17) is 5.73 Å². The molecule has 3 amide bonds. The number of nitrogens with one attached hydrogen (secondary N) is 1. The highest BCUT2D eigenvalue weighted by Gasteiger charge is 2.40. The smallest absolute Gasteiger partial charge is 0.246 e. The molecule has 1 saturated heterocycles. The first kappa shape index (κ1) is 13.7. The Morgan fingerprint density at radius 2 is 2.37 bits per heavy atom. The third-order valence-corrected chi connectivity index (χ3v) is 3.76. The van der Waals surface area contributed by atoms with E-state index in [9.17, 15) is 14.4 Å². The lowest BCUT2D eigenvalue weighted by Crippen LogP contribution is -2.66. The molecule has 0 aromatic carbocycles. The summed E-state index contributed by atoms with van der Waals surface area (Å²) in [6, 6.07) is 2.13. The molecule has 2 rings (SSSR count). The van der Waals surface area contributed by atoms with E-state index in [1.165, 1.54) is 18.3 Å². The van der Waals surface area contributed by atoms with Crippen LogP contribution in [0.15, 0.2) is 17.5 Å². The number of imide groups is 1. The van der Waals surface area contributed by atoms with E-state index in [2.05, 4.69) is 5.32 Å². The van der Waals surface area contributed by atoms with Crippen molar-refractivity contribution in [2.45, 2.75) is 25.4 Å². The fourth-order valence-corrected chi connectivity index (χ4v) is 2.50. The molecule has 102 valence electrons. The topological polar surface area (TPSA) is 92.5 Å². The summed E-state index contributed by atoms with van der Waals surface area (Å²) in [5.74, 6) is -1.21. The first-order valence-electron chi connectivity index (χ1n) is 5.92. The number of β-lactam (4-membered cyclic amide) rings is 1. The number of rotatable bonds is 4. The molecule has 0 bridgehead atoms. The van der Waals surface area contributed by atoms with Crippen LogP contribution in [0.2, 0.25) is 0 Å². The first-order chi connectivity index (χ1) is 9.00. The lowest BCUT2D eigenvalue weighted by Gasteiger charge is -2.36. The third kappa shape index (κ3) is 2.82. The summed E-state index contributed by atoms with van der Waals surface area (Å²) in [7, 11) is 0. The van der Waals surface area contributed by atoms with Crippen molar-refractivity contribution < 1.29 is 14.4 Å². The molecule has 3 N–H and O–H groups in total. The van der Waals surface area contributed by atoms with Gasteiger partial charge in [-0.1, -0.05) is 6.07 Å². The molecule has 1 aromatic heterocycles. The van der Waals surface area contributed by atoms with Crippen molar-refractivity contribution in [3.05, 3.63) is 22.4 Å². The van der Waals surface area contributed by atoms with E-state index in [1.807, 2.05) is 17.5 Å². The van der Waals surface area contributed by atoms with Crippen molar-refractivity contribution in [2.24, 2.45) is 5.73 Å². The fraction of sp³-hybridized carbons (Fsp3) is 0.417. The summed E-state index contributed by atoms with van der Waals surface area (Å²) in [5, 5.41) is 4.38. The molecule has 1 unspecified atom stereocenters. The SMILES string of the molecule is C[C@H](N)C(=O)N(C(=O)Cc1cccs1)C1CNC1=O. The average Bonchev–Trinajstić information content (AvgIpc) is 2.85. The molecule has 1 fully saturated rings. The lowest BCUT2D eigenvalue weighted by atomic mass is 10.1. The second kappa shape index (κ2) is 5.50. The zero-order valence-electron chi connectivity index (χ0n) is 10.5. The van der Waals surface area contributed by atoms with Crippen LogP contribution in [0, 0.1) is 0 Å². The van der Waals surface area contributed by atoms with Crippen LogP contribution in [0.1, 0.15) is 11.8 Å². The maximum absolute atomic E-state index is 12.2. The van der Waals surface area contributed by atoms with Crippen LogP contribution in [0.25, 0.3) is 0 Å². The number of nitrogens with zero attached hydrogens (tertiary/aromatic N) is 1. The minimum absolute atomic E-state index is 0.111. The lowest BCUT2D eigenvalue weighted by molar-refractivity contribution is -0.155. The largest absolute Gasteiger partial charge is 0.352 e. The number of carbonyl (C=O) groups is 3. The summed E-state index contributed by atoms with van der Waals surface area (Å²) in [5.41, 5.74) is 5.54. The van der Waals surface area contributed by atoms with Gasteiger partial charge in [0.1, 0.15) is 6.04 Å². The van der Waals surface area contributed by atoms with Crippen LogP contribution in [0.3, 0.4) is 0 Å². The van der Waals surface area contributed by atoms with E-state index in [-0.39, 0.29) is 18.2 Å². The van der Waals surface area contributed by atoms with Crippen molar-refractivity contribution in [2.75, 3.05) is 6.54 Å². The van der Waals surface area contributed by atoms with Gasteiger partial charge in [-0.2, -0.15) is 0 Å². The predicted octanol–water partition coefficient (Wildman–Crippen LogP) is -0.509. The molecule has 0 radical (unpaired) electrons. The molecular weight excluding hydrogens is 266 g/mol. The van der Waals surface area contributed by atoms with Crippen molar-refractivity contribution >= 4 is 29.1 Å². The quantitative estimate of drug-likeness (QED) is 0.727.